The zero-order valence-corrected chi connectivity index (χ0v) is 26.9. The predicted octanol–water partition coefficient (Wildman–Crippen LogP) is 7.03. The molecule has 0 bridgehead atoms. The van der Waals surface area contributed by atoms with Gasteiger partial charge in [-0.25, -0.2) is 0 Å². The molecule has 0 aliphatic carbocycles. The van der Waals surface area contributed by atoms with Crippen LogP contribution >= 0.6 is 0 Å². The van der Waals surface area contributed by atoms with E-state index in [0.29, 0.717) is 32.6 Å². The molecule has 2 aromatic rings. The Hall–Kier alpha value is -2.74. The van der Waals surface area contributed by atoms with E-state index in [0.717, 1.165) is 97.2 Å². The van der Waals surface area contributed by atoms with E-state index < -0.39 is 0 Å². The normalized spacial score (nSPS) is 11.3. The van der Waals surface area contributed by atoms with Crippen LogP contribution in [0, 0.1) is 0 Å². The first-order chi connectivity index (χ1) is 21.1. The van der Waals surface area contributed by atoms with Crippen LogP contribution in [0.3, 0.4) is 0 Å². The molecule has 0 atom stereocenters. The van der Waals surface area contributed by atoms with E-state index in [1.807, 2.05) is 13.0 Å². The van der Waals surface area contributed by atoms with Crippen LogP contribution in [-0.4, -0.2) is 74.8 Å². The van der Waals surface area contributed by atoms with Crippen LogP contribution in [0.1, 0.15) is 88.7 Å². The Morgan fingerprint density at radius 2 is 1.09 bits per heavy atom. The van der Waals surface area contributed by atoms with Gasteiger partial charge >= 0.3 is 11.9 Å². The van der Waals surface area contributed by atoms with Gasteiger partial charge in [-0.2, -0.15) is 0 Å². The highest BCUT2D eigenvalue weighted by Gasteiger charge is 2.10. The summed E-state index contributed by atoms with van der Waals surface area (Å²) >= 11 is 0. The minimum absolute atomic E-state index is 0.115. The summed E-state index contributed by atoms with van der Waals surface area (Å²) in [5.74, 6) is -0.250. The summed E-state index contributed by atoms with van der Waals surface area (Å²) in [5, 5.41) is 0. The topological polar surface area (TPSA) is 68.3 Å². The summed E-state index contributed by atoms with van der Waals surface area (Å²) in [5.41, 5.74) is 2.61. The smallest absolute Gasteiger partial charge is 0.307 e. The molecule has 0 fully saturated rings. The number of hydrogen-bond acceptors (Lipinski definition) is 7. The minimum atomic E-state index is -0.135. The Kier molecular flexibility index (Phi) is 20.9. The Morgan fingerprint density at radius 3 is 1.67 bits per heavy atom. The summed E-state index contributed by atoms with van der Waals surface area (Å²) in [6.45, 7) is 9.00. The van der Waals surface area contributed by atoms with Crippen molar-refractivity contribution in [2.75, 3.05) is 53.1 Å². The molecule has 0 N–H and O–H groups in total. The van der Waals surface area contributed by atoms with Gasteiger partial charge in [0.1, 0.15) is 0 Å². The standard InChI is InChI=1S/C36H56N2O5/c1-3-18-35(39)42-29-14-4-5-15-30-43-36(40)23-26-38(32-34-21-10-7-11-22-34)25-13-17-28-41-27-16-12-24-37(2)31-33-19-8-6-9-20-33/h6-11,19-22H,3-5,12-18,23-32H2,1-2H3. The average Bonchev–Trinajstić information content (AvgIpc) is 3.01. The summed E-state index contributed by atoms with van der Waals surface area (Å²) in [7, 11) is 2.18. The summed E-state index contributed by atoms with van der Waals surface area (Å²) in [4.78, 5) is 28.5. The maximum atomic E-state index is 12.4. The van der Waals surface area contributed by atoms with E-state index in [1.165, 1.54) is 11.1 Å². The molecular weight excluding hydrogens is 540 g/mol. The van der Waals surface area contributed by atoms with Gasteiger partial charge in [-0.3, -0.25) is 14.5 Å². The first kappa shape index (κ1) is 36.5. The molecule has 0 saturated carbocycles. The van der Waals surface area contributed by atoms with Crippen molar-refractivity contribution in [2.24, 2.45) is 0 Å². The Balaban J connectivity index is 1.52. The highest BCUT2D eigenvalue weighted by atomic mass is 16.5. The fourth-order valence-corrected chi connectivity index (χ4v) is 4.84. The van der Waals surface area contributed by atoms with Crippen molar-refractivity contribution in [3.8, 4) is 0 Å². The Morgan fingerprint density at radius 1 is 0.581 bits per heavy atom. The fourth-order valence-electron chi connectivity index (χ4n) is 4.84. The van der Waals surface area contributed by atoms with E-state index >= 15 is 0 Å². The van der Waals surface area contributed by atoms with Crippen molar-refractivity contribution in [2.45, 2.75) is 90.6 Å². The number of carbonyl (C=O) groups is 2. The van der Waals surface area contributed by atoms with Crippen LogP contribution in [0.4, 0.5) is 0 Å². The molecule has 2 aromatic carbocycles. The maximum Gasteiger partial charge on any atom is 0.307 e. The second-order valence-electron chi connectivity index (χ2n) is 11.4. The quantitative estimate of drug-likeness (QED) is 0.0853. The molecule has 7 heteroatoms. The molecule has 0 unspecified atom stereocenters. The lowest BCUT2D eigenvalue weighted by Crippen LogP contribution is -2.28. The molecule has 0 aromatic heterocycles. The highest BCUT2D eigenvalue weighted by Crippen LogP contribution is 2.09. The first-order valence-electron chi connectivity index (χ1n) is 16.4. The van der Waals surface area contributed by atoms with E-state index in [9.17, 15) is 9.59 Å². The van der Waals surface area contributed by atoms with E-state index in [2.05, 4.69) is 71.4 Å². The van der Waals surface area contributed by atoms with Gasteiger partial charge in [0, 0.05) is 39.3 Å². The summed E-state index contributed by atoms with van der Waals surface area (Å²) < 4.78 is 16.6. The Labute approximate surface area is 260 Å². The van der Waals surface area contributed by atoms with Crippen molar-refractivity contribution >= 4 is 11.9 Å². The van der Waals surface area contributed by atoms with Crippen LogP contribution in [0.5, 0.6) is 0 Å². The fraction of sp³-hybridized carbons (Fsp3) is 0.611. The number of unbranched alkanes of at least 4 members (excludes halogenated alkanes) is 5. The van der Waals surface area contributed by atoms with E-state index in [4.69, 9.17) is 14.2 Å². The zero-order valence-electron chi connectivity index (χ0n) is 26.9. The monoisotopic (exact) mass is 596 g/mol. The van der Waals surface area contributed by atoms with Crippen molar-refractivity contribution in [3.63, 3.8) is 0 Å². The number of ether oxygens (including phenoxy) is 3. The van der Waals surface area contributed by atoms with Gasteiger partial charge in [-0.05, 0) is 89.1 Å². The number of esters is 2. The van der Waals surface area contributed by atoms with Crippen LogP contribution in [0.2, 0.25) is 0 Å². The third-order valence-corrected chi connectivity index (χ3v) is 7.29. The number of carbonyl (C=O) groups excluding carboxylic acids is 2. The number of nitrogens with zero attached hydrogens (tertiary/aromatic N) is 2. The van der Waals surface area contributed by atoms with Gasteiger partial charge < -0.3 is 19.1 Å². The lowest BCUT2D eigenvalue weighted by atomic mass is 10.2. The van der Waals surface area contributed by atoms with Crippen molar-refractivity contribution in [1.29, 1.82) is 0 Å². The van der Waals surface area contributed by atoms with Crippen molar-refractivity contribution in [3.05, 3.63) is 71.8 Å². The largest absolute Gasteiger partial charge is 0.466 e. The number of rotatable bonds is 26. The first-order valence-corrected chi connectivity index (χ1v) is 16.4. The molecule has 7 nitrogen and oxygen atoms in total. The van der Waals surface area contributed by atoms with Crippen molar-refractivity contribution < 1.29 is 23.8 Å². The van der Waals surface area contributed by atoms with E-state index in [-0.39, 0.29) is 11.9 Å². The molecule has 0 saturated heterocycles. The second-order valence-corrected chi connectivity index (χ2v) is 11.4. The van der Waals surface area contributed by atoms with Gasteiger partial charge in [0.05, 0.1) is 19.6 Å². The molecular formula is C36H56N2O5. The molecule has 0 aliphatic heterocycles. The molecule has 0 amide bonds. The number of hydrogen-bond donors (Lipinski definition) is 0. The number of benzene rings is 2. The minimum Gasteiger partial charge on any atom is -0.466 e. The highest BCUT2D eigenvalue weighted by molar-refractivity contribution is 5.69. The SMILES string of the molecule is CCCC(=O)OCCCCCCOC(=O)CCN(CCCCOCCCCN(C)Cc1ccccc1)Cc1ccccc1. The van der Waals surface area contributed by atoms with Gasteiger partial charge in [0.15, 0.2) is 0 Å². The average molecular weight is 597 g/mol. The van der Waals surface area contributed by atoms with E-state index in [1.54, 1.807) is 0 Å². The molecule has 2 rings (SSSR count). The maximum absolute atomic E-state index is 12.4. The van der Waals surface area contributed by atoms with Crippen LogP contribution in [0.15, 0.2) is 60.7 Å². The second kappa shape index (κ2) is 24.7. The molecule has 0 radical (unpaired) electrons. The van der Waals surface area contributed by atoms with Gasteiger partial charge in [-0.15, -0.1) is 0 Å². The predicted molar refractivity (Wildman–Crippen MR) is 174 cm³/mol. The van der Waals surface area contributed by atoms with Crippen molar-refractivity contribution in [1.82, 2.24) is 9.80 Å². The Bertz CT molecular complexity index is 957. The summed E-state index contributed by atoms with van der Waals surface area (Å²) in [6.07, 6.45) is 9.61. The lowest BCUT2D eigenvalue weighted by molar-refractivity contribution is -0.145. The van der Waals surface area contributed by atoms with Gasteiger partial charge in [-0.1, -0.05) is 67.6 Å². The molecule has 0 aliphatic rings. The lowest BCUT2D eigenvalue weighted by Gasteiger charge is -2.22. The molecule has 0 spiro atoms. The zero-order chi connectivity index (χ0) is 30.8. The van der Waals surface area contributed by atoms with Crippen LogP contribution in [-0.2, 0) is 36.9 Å². The third kappa shape index (κ3) is 20.0. The molecule has 240 valence electrons. The molecule has 0 heterocycles. The van der Waals surface area contributed by atoms with Gasteiger partial charge in [0.25, 0.3) is 0 Å². The van der Waals surface area contributed by atoms with Crippen LogP contribution in [0.25, 0.3) is 0 Å². The van der Waals surface area contributed by atoms with Crippen LogP contribution < -0.4 is 0 Å². The molecule has 43 heavy (non-hydrogen) atoms. The summed E-state index contributed by atoms with van der Waals surface area (Å²) in [6, 6.07) is 21.0. The van der Waals surface area contributed by atoms with Gasteiger partial charge in [0.2, 0.25) is 0 Å². The third-order valence-electron chi connectivity index (χ3n) is 7.29.